The molecule has 1 radical (unpaired) electrons. The van der Waals surface area contributed by atoms with E-state index in [1.807, 2.05) is 0 Å². The molecule has 43 heavy (non-hydrogen) atoms. The third kappa shape index (κ3) is 6.41. The number of piperidine rings is 1. The molecule has 1 aromatic carbocycles. The molecule has 1 aromatic heterocycles. The van der Waals surface area contributed by atoms with Gasteiger partial charge in [-0.25, -0.2) is 0 Å². The number of nitrogens with one attached hydrogen (secondary N) is 1. The first-order chi connectivity index (χ1) is 20.9. The van der Waals surface area contributed by atoms with Gasteiger partial charge in [0, 0.05) is 32.2 Å². The fraction of sp³-hybridized carbons (Fsp3) is 0.606. The van der Waals surface area contributed by atoms with Crippen molar-refractivity contribution in [2.24, 2.45) is 23.5 Å². The van der Waals surface area contributed by atoms with Crippen LogP contribution in [0.1, 0.15) is 43.2 Å². The average Bonchev–Trinajstić information content (AvgIpc) is 3.55. The van der Waals surface area contributed by atoms with Crippen LogP contribution < -0.4 is 15.5 Å². The van der Waals surface area contributed by atoms with Gasteiger partial charge in [0.1, 0.15) is 0 Å². The van der Waals surface area contributed by atoms with Crippen LogP contribution in [0, 0.1) is 17.8 Å². The normalized spacial score (nSPS) is 30.6. The van der Waals surface area contributed by atoms with E-state index in [4.69, 9.17) is 22.3 Å². The van der Waals surface area contributed by atoms with Crippen LogP contribution in [-0.4, -0.2) is 105 Å². The van der Waals surface area contributed by atoms with Crippen LogP contribution in [-0.2, 0) is 17.6 Å². The number of hydrogen-bond donors (Lipinski definition) is 2. The molecule has 3 heterocycles. The summed E-state index contributed by atoms with van der Waals surface area (Å²) in [4.78, 5) is 29.6. The fourth-order valence-corrected chi connectivity index (χ4v) is 11.9. The van der Waals surface area contributed by atoms with Crippen molar-refractivity contribution in [3.8, 4) is 0 Å². The minimum Gasteiger partial charge on any atom is -0.0246 e. The number of hydrogen-bond acceptors (Lipinski definition) is 7. The van der Waals surface area contributed by atoms with Gasteiger partial charge in [-0.15, -0.1) is 0 Å². The van der Waals surface area contributed by atoms with Gasteiger partial charge >= 0.3 is 206 Å². The molecule has 3 fully saturated rings. The summed E-state index contributed by atoms with van der Waals surface area (Å²) >= 11 is 6.16. The van der Waals surface area contributed by atoms with Gasteiger partial charge in [-0.2, -0.15) is 0 Å². The molecule has 3 N–H and O–H groups in total. The fourth-order valence-electron chi connectivity index (χ4n) is 8.27. The number of carbonyl (C=O) groups is 1. The van der Waals surface area contributed by atoms with E-state index in [1.165, 1.54) is 76.1 Å². The number of carbonyl (C=O) groups excluding carboxylic acids is 1. The molecule has 2 saturated heterocycles. The van der Waals surface area contributed by atoms with Crippen LogP contribution in [0.2, 0.25) is 9.73 Å². The van der Waals surface area contributed by atoms with Crippen LogP contribution in [0.15, 0.2) is 36.5 Å². The van der Waals surface area contributed by atoms with Crippen molar-refractivity contribution >= 4 is 49.4 Å². The molecular weight excluding hydrogens is 621 g/mol. The monoisotopic (exact) mass is 664 g/mol. The first-order valence-corrected chi connectivity index (χ1v) is 18.6. The summed E-state index contributed by atoms with van der Waals surface area (Å²) in [6, 6.07) is 8.20. The zero-order chi connectivity index (χ0) is 29.5. The van der Waals surface area contributed by atoms with Crippen molar-refractivity contribution in [2.45, 2.75) is 61.7 Å². The van der Waals surface area contributed by atoms with Crippen molar-refractivity contribution in [1.29, 1.82) is 0 Å². The molecule has 2 aromatic rings. The van der Waals surface area contributed by atoms with Crippen molar-refractivity contribution in [3.63, 3.8) is 0 Å². The topological polar surface area (TPSA) is 90.6 Å². The number of nitrogens with two attached hydrogens (primary N) is 1. The maximum atomic E-state index is 12.2. The standard InChI is InChI=1S/C33H44AsClN7O/c1-40-14-16-42(17-15-40)27-10-12-41(13-11-27)26-8-5-21-4-7-25(19-22(21)6-9-26)38-33-37-20-28(35)31(39-33)34-30-24-3-2-23(18-24)29(30)32(36)43/h2-4,7,19-20,23-24,26-27,29-30H,5-6,8-18H2,1H3,(H2,36,43)(H,37,38,39)/t23-,24+,26?,29-,30-/m1/s1. The Bertz CT molecular complexity index is 1360. The number of halogens is 1. The van der Waals surface area contributed by atoms with Crippen LogP contribution >= 0.6 is 11.6 Å². The first-order valence-electron chi connectivity index (χ1n) is 16.2. The Labute approximate surface area is 267 Å². The molecule has 2 bridgehead atoms. The Hall–Kier alpha value is -1.96. The molecule has 0 spiro atoms. The number of likely N-dealkylation sites (tertiary alicyclic amines) is 1. The van der Waals surface area contributed by atoms with Gasteiger partial charge in [0.15, 0.2) is 0 Å². The van der Waals surface area contributed by atoms with Gasteiger partial charge < -0.3 is 4.90 Å². The zero-order valence-corrected chi connectivity index (χ0v) is 27.8. The Morgan fingerprint density at radius 2 is 1.65 bits per heavy atom. The molecular formula is C33H44AsClN7O. The number of allylic oxidation sites excluding steroid dienone is 2. The van der Waals surface area contributed by atoms with E-state index in [2.05, 4.69) is 62.4 Å². The van der Waals surface area contributed by atoms with Crippen molar-refractivity contribution in [2.75, 3.05) is 51.6 Å². The number of anilines is 2. The van der Waals surface area contributed by atoms with Crippen LogP contribution in [0.3, 0.4) is 0 Å². The minimum atomic E-state index is -0.417. The molecule has 229 valence electrons. The number of likely N-dealkylation sites (N-methyl/N-ethyl adjacent to an activating group) is 1. The SMILES string of the molecule is CN1CCN(C2CCN(C3CCc4ccc(Nc5ncc(Cl)c([As][C@H]6[C@H](C(N)=O)[C@@H]7C=C[C@H]6C7)n5)cc4CC3)CC2)CC1. The molecule has 1 saturated carbocycles. The summed E-state index contributed by atoms with van der Waals surface area (Å²) in [6.07, 6.45) is 14.5. The predicted octanol–water partition coefficient (Wildman–Crippen LogP) is 3.26. The van der Waals surface area contributed by atoms with E-state index in [0.29, 0.717) is 22.9 Å². The molecule has 3 aliphatic carbocycles. The van der Waals surface area contributed by atoms with Gasteiger partial charge in [0.25, 0.3) is 0 Å². The smallest absolute Gasteiger partial charge is 0.0246 e. The van der Waals surface area contributed by atoms with Gasteiger partial charge in [0.2, 0.25) is 0 Å². The van der Waals surface area contributed by atoms with Crippen molar-refractivity contribution in [1.82, 2.24) is 24.7 Å². The Morgan fingerprint density at radius 3 is 2.42 bits per heavy atom. The minimum absolute atomic E-state index is 0.103. The molecule has 5 aliphatic rings. The number of fused-ring (bicyclic) bond motifs is 3. The molecule has 8 nitrogen and oxygen atoms in total. The number of aromatic nitrogens is 2. The van der Waals surface area contributed by atoms with Crippen molar-refractivity contribution < 1.29 is 4.79 Å². The average molecular weight is 665 g/mol. The number of benzene rings is 1. The second-order valence-electron chi connectivity index (χ2n) is 13.3. The number of piperazine rings is 1. The summed E-state index contributed by atoms with van der Waals surface area (Å²) in [5.74, 6) is 0.951. The van der Waals surface area contributed by atoms with Gasteiger partial charge in [-0.1, -0.05) is 0 Å². The maximum absolute atomic E-state index is 12.2. The number of amides is 1. The third-order valence-electron chi connectivity index (χ3n) is 10.8. The quantitative estimate of drug-likeness (QED) is 0.267. The van der Waals surface area contributed by atoms with E-state index in [0.717, 1.165) is 35.5 Å². The molecule has 10 heteroatoms. The number of rotatable bonds is 7. The second kappa shape index (κ2) is 12.8. The van der Waals surface area contributed by atoms with E-state index in [1.54, 1.807) is 6.20 Å². The predicted molar refractivity (Wildman–Crippen MR) is 173 cm³/mol. The first kappa shape index (κ1) is 29.7. The number of nitrogens with zero attached hydrogens (tertiary/aromatic N) is 5. The molecule has 2 aliphatic heterocycles. The molecule has 1 amide bonds. The van der Waals surface area contributed by atoms with Gasteiger partial charge in [-0.3, -0.25) is 4.90 Å². The number of primary amides is 1. The van der Waals surface area contributed by atoms with Gasteiger partial charge in [-0.05, 0) is 19.9 Å². The van der Waals surface area contributed by atoms with E-state index >= 15 is 0 Å². The Kier molecular flexibility index (Phi) is 8.85. The molecule has 5 atom stereocenters. The van der Waals surface area contributed by atoms with Crippen LogP contribution in [0.4, 0.5) is 11.6 Å². The molecule has 7 rings (SSSR count). The Balaban J connectivity index is 0.962. The number of aryl methyl sites for hydroxylation is 2. The van der Waals surface area contributed by atoms with Crippen LogP contribution in [0.5, 0.6) is 0 Å². The summed E-state index contributed by atoms with van der Waals surface area (Å²) in [5, 5.41) is 4.04. The third-order valence-corrected chi connectivity index (χ3v) is 14.7. The second-order valence-corrected chi connectivity index (χ2v) is 16.4. The Morgan fingerprint density at radius 1 is 0.953 bits per heavy atom. The molecule has 1 unspecified atom stereocenters. The summed E-state index contributed by atoms with van der Waals surface area (Å²) in [5.41, 5.74) is 9.75. The summed E-state index contributed by atoms with van der Waals surface area (Å²) in [7, 11) is 2.24. The summed E-state index contributed by atoms with van der Waals surface area (Å²) in [6.45, 7) is 7.36. The van der Waals surface area contributed by atoms with Gasteiger partial charge in [0.05, 0.1) is 0 Å². The zero-order valence-electron chi connectivity index (χ0n) is 25.2. The van der Waals surface area contributed by atoms with E-state index in [-0.39, 0.29) is 22.4 Å². The van der Waals surface area contributed by atoms with E-state index in [9.17, 15) is 4.79 Å². The van der Waals surface area contributed by atoms with Crippen molar-refractivity contribution in [3.05, 3.63) is 52.7 Å². The van der Waals surface area contributed by atoms with Crippen LogP contribution in [0.25, 0.3) is 0 Å². The van der Waals surface area contributed by atoms with E-state index < -0.39 is 15.8 Å². The summed E-state index contributed by atoms with van der Waals surface area (Å²) < 4.78 is 1.11.